The Hall–Kier alpha value is -0.280. The topological polar surface area (TPSA) is 29.5 Å². The standard InChI is InChI=1S/C14H22ClNO2/c1-9-7-16(8-12(6-15)18-9)14(17)13-5-10-2-3-11(13)4-10/h9-13H,2-8H2,1H3. The van der Waals surface area contributed by atoms with Gasteiger partial charge < -0.3 is 9.64 Å². The van der Waals surface area contributed by atoms with E-state index in [1.165, 1.54) is 19.3 Å². The van der Waals surface area contributed by atoms with E-state index < -0.39 is 0 Å². The molecule has 3 rings (SSSR count). The summed E-state index contributed by atoms with van der Waals surface area (Å²) in [6.45, 7) is 3.44. The number of alkyl halides is 1. The molecule has 2 aliphatic carbocycles. The van der Waals surface area contributed by atoms with Crippen molar-refractivity contribution in [3.8, 4) is 0 Å². The molecular weight excluding hydrogens is 250 g/mol. The molecular formula is C14H22ClNO2. The van der Waals surface area contributed by atoms with Gasteiger partial charge in [0, 0.05) is 19.0 Å². The van der Waals surface area contributed by atoms with E-state index in [1.54, 1.807) is 0 Å². The number of nitrogens with zero attached hydrogens (tertiary/aromatic N) is 1. The first kappa shape index (κ1) is 12.7. The SMILES string of the molecule is CC1CN(C(=O)C2CC3CCC2C3)CC(CCl)O1. The van der Waals surface area contributed by atoms with Crippen LogP contribution in [0.15, 0.2) is 0 Å². The molecule has 4 heteroatoms. The Morgan fingerprint density at radius 1 is 1.33 bits per heavy atom. The summed E-state index contributed by atoms with van der Waals surface area (Å²) in [7, 11) is 0. The van der Waals surface area contributed by atoms with E-state index in [0.29, 0.717) is 30.2 Å². The average molecular weight is 272 g/mol. The molecule has 0 radical (unpaired) electrons. The van der Waals surface area contributed by atoms with Gasteiger partial charge in [0.2, 0.25) is 5.91 Å². The van der Waals surface area contributed by atoms with Gasteiger partial charge in [0.1, 0.15) is 0 Å². The Morgan fingerprint density at radius 2 is 2.17 bits per heavy atom. The van der Waals surface area contributed by atoms with Crippen molar-refractivity contribution in [3.63, 3.8) is 0 Å². The lowest BCUT2D eigenvalue weighted by atomic mass is 9.87. The van der Waals surface area contributed by atoms with Gasteiger partial charge in [0.05, 0.1) is 18.1 Å². The maximum Gasteiger partial charge on any atom is 0.226 e. The van der Waals surface area contributed by atoms with Gasteiger partial charge in [-0.25, -0.2) is 0 Å². The van der Waals surface area contributed by atoms with E-state index in [2.05, 4.69) is 0 Å². The van der Waals surface area contributed by atoms with Crippen molar-refractivity contribution in [1.82, 2.24) is 4.90 Å². The van der Waals surface area contributed by atoms with Crippen LogP contribution in [0, 0.1) is 17.8 Å². The van der Waals surface area contributed by atoms with Crippen LogP contribution in [0.5, 0.6) is 0 Å². The predicted molar refractivity (Wildman–Crippen MR) is 70.6 cm³/mol. The summed E-state index contributed by atoms with van der Waals surface area (Å²) in [6.07, 6.45) is 5.15. The van der Waals surface area contributed by atoms with Crippen LogP contribution >= 0.6 is 11.6 Å². The van der Waals surface area contributed by atoms with Crippen molar-refractivity contribution >= 4 is 17.5 Å². The molecule has 0 N–H and O–H groups in total. The lowest BCUT2D eigenvalue weighted by molar-refractivity contribution is -0.148. The number of ether oxygens (including phenoxy) is 1. The zero-order chi connectivity index (χ0) is 12.7. The highest BCUT2D eigenvalue weighted by atomic mass is 35.5. The van der Waals surface area contributed by atoms with Gasteiger partial charge in [-0.05, 0) is 38.0 Å². The third-order valence-corrected chi connectivity index (χ3v) is 5.21. The minimum Gasteiger partial charge on any atom is -0.370 e. The summed E-state index contributed by atoms with van der Waals surface area (Å²) in [4.78, 5) is 14.6. The highest BCUT2D eigenvalue weighted by Gasteiger charge is 2.45. The maximum atomic E-state index is 12.6. The highest BCUT2D eigenvalue weighted by Crippen LogP contribution is 2.49. The van der Waals surface area contributed by atoms with Crippen molar-refractivity contribution in [2.75, 3.05) is 19.0 Å². The summed E-state index contributed by atoms with van der Waals surface area (Å²) in [5.74, 6) is 2.63. The van der Waals surface area contributed by atoms with E-state index in [1.807, 2.05) is 11.8 Å². The highest BCUT2D eigenvalue weighted by molar-refractivity contribution is 6.18. The molecule has 0 aromatic rings. The fraction of sp³-hybridized carbons (Fsp3) is 0.929. The summed E-state index contributed by atoms with van der Waals surface area (Å²) in [5, 5.41) is 0. The van der Waals surface area contributed by atoms with Crippen LogP contribution in [0.25, 0.3) is 0 Å². The Labute approximate surface area is 114 Å². The molecule has 1 amide bonds. The van der Waals surface area contributed by atoms with Crippen LogP contribution in [0.4, 0.5) is 0 Å². The number of hydrogen-bond donors (Lipinski definition) is 0. The van der Waals surface area contributed by atoms with E-state index in [4.69, 9.17) is 16.3 Å². The number of morpholine rings is 1. The number of carbonyl (C=O) groups excluding carboxylic acids is 1. The molecule has 3 fully saturated rings. The third kappa shape index (κ3) is 2.27. The Bertz CT molecular complexity index is 336. The molecule has 5 unspecified atom stereocenters. The number of amides is 1. The smallest absolute Gasteiger partial charge is 0.226 e. The molecule has 1 aliphatic heterocycles. The van der Waals surface area contributed by atoms with Crippen LogP contribution in [-0.4, -0.2) is 42.0 Å². The molecule has 3 aliphatic rings. The molecule has 1 saturated heterocycles. The largest absolute Gasteiger partial charge is 0.370 e. The molecule has 5 atom stereocenters. The van der Waals surface area contributed by atoms with Crippen LogP contribution in [0.3, 0.4) is 0 Å². The van der Waals surface area contributed by atoms with Crippen LogP contribution in [0.2, 0.25) is 0 Å². The minimum absolute atomic E-state index is 0.0120. The van der Waals surface area contributed by atoms with Crippen molar-refractivity contribution < 1.29 is 9.53 Å². The van der Waals surface area contributed by atoms with Gasteiger partial charge in [-0.2, -0.15) is 0 Å². The number of hydrogen-bond acceptors (Lipinski definition) is 2. The summed E-state index contributed by atoms with van der Waals surface area (Å²) in [5.41, 5.74) is 0. The maximum absolute atomic E-state index is 12.6. The molecule has 3 nitrogen and oxygen atoms in total. The zero-order valence-electron chi connectivity index (χ0n) is 11.0. The first-order valence-corrected chi connectivity index (χ1v) is 7.71. The van der Waals surface area contributed by atoms with Crippen LogP contribution < -0.4 is 0 Å². The van der Waals surface area contributed by atoms with Gasteiger partial charge in [-0.1, -0.05) is 6.42 Å². The van der Waals surface area contributed by atoms with E-state index >= 15 is 0 Å². The normalized spacial score (nSPS) is 43.4. The summed E-state index contributed by atoms with van der Waals surface area (Å²) >= 11 is 5.88. The Balaban J connectivity index is 1.65. The van der Waals surface area contributed by atoms with Crippen molar-refractivity contribution in [2.24, 2.45) is 17.8 Å². The number of rotatable bonds is 2. The Kier molecular flexibility index (Phi) is 3.55. The van der Waals surface area contributed by atoms with E-state index in [-0.39, 0.29) is 12.2 Å². The number of fused-ring (bicyclic) bond motifs is 2. The van der Waals surface area contributed by atoms with Gasteiger partial charge in [-0.3, -0.25) is 4.79 Å². The molecule has 2 saturated carbocycles. The lowest BCUT2D eigenvalue weighted by Gasteiger charge is -2.38. The Morgan fingerprint density at radius 3 is 2.78 bits per heavy atom. The summed E-state index contributed by atoms with van der Waals surface area (Å²) < 4.78 is 5.71. The van der Waals surface area contributed by atoms with E-state index in [0.717, 1.165) is 18.9 Å². The molecule has 18 heavy (non-hydrogen) atoms. The predicted octanol–water partition coefficient (Wildman–Crippen LogP) is 2.28. The molecule has 0 aromatic heterocycles. The third-order valence-electron chi connectivity index (χ3n) is 4.87. The average Bonchev–Trinajstić information content (AvgIpc) is 2.99. The minimum atomic E-state index is 0.0120. The second-order valence-electron chi connectivity index (χ2n) is 6.25. The first-order valence-electron chi connectivity index (χ1n) is 7.17. The quantitative estimate of drug-likeness (QED) is 0.721. The zero-order valence-corrected chi connectivity index (χ0v) is 11.7. The van der Waals surface area contributed by atoms with Crippen LogP contribution in [0.1, 0.15) is 32.6 Å². The molecule has 2 bridgehead atoms. The molecule has 102 valence electrons. The van der Waals surface area contributed by atoms with Gasteiger partial charge in [-0.15, -0.1) is 11.6 Å². The lowest BCUT2D eigenvalue weighted by Crippen LogP contribution is -2.52. The molecule has 1 heterocycles. The van der Waals surface area contributed by atoms with Crippen molar-refractivity contribution in [1.29, 1.82) is 0 Å². The second-order valence-corrected chi connectivity index (χ2v) is 6.56. The summed E-state index contributed by atoms with van der Waals surface area (Å²) in [6, 6.07) is 0. The van der Waals surface area contributed by atoms with E-state index in [9.17, 15) is 4.79 Å². The monoisotopic (exact) mass is 271 g/mol. The van der Waals surface area contributed by atoms with Crippen molar-refractivity contribution in [2.45, 2.75) is 44.8 Å². The molecule has 0 aromatic carbocycles. The van der Waals surface area contributed by atoms with Crippen LogP contribution in [-0.2, 0) is 9.53 Å². The number of halogens is 1. The van der Waals surface area contributed by atoms with Gasteiger partial charge >= 0.3 is 0 Å². The fourth-order valence-electron chi connectivity index (χ4n) is 4.09. The fourth-order valence-corrected chi connectivity index (χ4v) is 4.26. The first-order chi connectivity index (χ1) is 8.67. The van der Waals surface area contributed by atoms with Gasteiger partial charge in [0.25, 0.3) is 0 Å². The second kappa shape index (κ2) is 5.01. The van der Waals surface area contributed by atoms with Gasteiger partial charge in [0.15, 0.2) is 0 Å². The molecule has 0 spiro atoms. The van der Waals surface area contributed by atoms with Crippen molar-refractivity contribution in [3.05, 3.63) is 0 Å². The number of carbonyl (C=O) groups is 1.